The zero-order chi connectivity index (χ0) is 27.1. The van der Waals surface area contributed by atoms with E-state index in [9.17, 15) is 45.6 Å². The van der Waals surface area contributed by atoms with Gasteiger partial charge in [0.15, 0.2) is 0 Å². The summed E-state index contributed by atoms with van der Waals surface area (Å²) in [6.07, 6.45) is -6.09. The van der Waals surface area contributed by atoms with Gasteiger partial charge in [-0.2, -0.15) is 0 Å². The molecule has 1 heterocycles. The summed E-state index contributed by atoms with van der Waals surface area (Å²) in [4.78, 5) is 13.7. The lowest BCUT2D eigenvalue weighted by Crippen LogP contribution is -2.64. The minimum Gasteiger partial charge on any atom is -0.432 e. The Balaban J connectivity index is 1.43. The molecule has 4 aliphatic carbocycles. The predicted molar refractivity (Wildman–Crippen MR) is 125 cm³/mol. The summed E-state index contributed by atoms with van der Waals surface area (Å²) >= 11 is 0. The van der Waals surface area contributed by atoms with Crippen LogP contribution in [-0.4, -0.2) is 109 Å². The number of esters is 1. The van der Waals surface area contributed by atoms with Gasteiger partial charge in [-0.15, -0.1) is 0 Å². The van der Waals surface area contributed by atoms with Crippen LogP contribution in [0.25, 0.3) is 0 Å². The van der Waals surface area contributed by atoms with Gasteiger partial charge in [-0.1, -0.05) is 13.3 Å². The minimum atomic E-state index is -1.70. The molecule has 0 unspecified atom stereocenters. The summed E-state index contributed by atoms with van der Waals surface area (Å²) in [7, 11) is 0. The number of ether oxygens (including phenoxy) is 2. The maximum Gasteiger partial charge on any atom is 0.314 e. The molecule has 0 aromatic heterocycles. The van der Waals surface area contributed by atoms with Gasteiger partial charge in [0, 0.05) is 5.41 Å². The van der Waals surface area contributed by atoms with Gasteiger partial charge < -0.3 is 50.3 Å². The summed E-state index contributed by atoms with van der Waals surface area (Å²) in [6.45, 7) is 2.62. The predicted octanol–water partition coefficient (Wildman–Crippen LogP) is -1.59. The number of hydrogen-bond donors (Lipinski definition) is 8. The highest BCUT2D eigenvalue weighted by Gasteiger charge is 2.74. The largest absolute Gasteiger partial charge is 0.432 e. The molecule has 11 nitrogen and oxygen atoms in total. The van der Waals surface area contributed by atoms with Crippen molar-refractivity contribution in [3.05, 3.63) is 0 Å². The Morgan fingerprint density at radius 3 is 2.35 bits per heavy atom. The summed E-state index contributed by atoms with van der Waals surface area (Å²) in [5.41, 5.74) is -4.05. The van der Waals surface area contributed by atoms with Crippen molar-refractivity contribution in [1.82, 2.24) is 0 Å². The van der Waals surface area contributed by atoms with Crippen LogP contribution in [0.15, 0.2) is 0 Å². The number of fused-ring (bicyclic) bond motifs is 3. The van der Waals surface area contributed by atoms with Crippen LogP contribution >= 0.6 is 0 Å². The lowest BCUT2D eigenvalue weighted by molar-refractivity contribution is -0.298. The number of rotatable bonds is 4. The molecule has 1 aliphatic heterocycles. The van der Waals surface area contributed by atoms with Crippen LogP contribution < -0.4 is 0 Å². The van der Waals surface area contributed by atoms with Gasteiger partial charge >= 0.3 is 5.97 Å². The molecule has 0 aromatic rings. The lowest BCUT2D eigenvalue weighted by atomic mass is 9.40. The normalized spacial score (nSPS) is 57.4. The summed E-state index contributed by atoms with van der Waals surface area (Å²) in [6, 6.07) is 0. The van der Waals surface area contributed by atoms with Crippen LogP contribution in [-0.2, 0) is 14.3 Å². The van der Waals surface area contributed by atoms with E-state index in [0.717, 1.165) is 0 Å². The highest BCUT2D eigenvalue weighted by Crippen LogP contribution is 2.73. The van der Waals surface area contributed by atoms with Gasteiger partial charge in [0.05, 0.1) is 30.8 Å². The van der Waals surface area contributed by atoms with E-state index in [1.807, 2.05) is 6.92 Å². The number of carbonyl (C=O) groups is 1. The minimum absolute atomic E-state index is 0.247. The average Bonchev–Trinajstić information content (AvgIpc) is 3.02. The second-order valence-corrected chi connectivity index (χ2v) is 12.9. The highest BCUT2D eigenvalue weighted by atomic mass is 16.7. The first-order valence-electron chi connectivity index (χ1n) is 13.5. The molecule has 11 heteroatoms. The van der Waals surface area contributed by atoms with Crippen LogP contribution in [0.1, 0.15) is 58.8 Å². The number of carbonyl (C=O) groups excluding carboxylic acids is 1. The molecule has 8 N–H and O–H groups in total. The van der Waals surface area contributed by atoms with Gasteiger partial charge in [-0.3, -0.25) is 4.79 Å². The third-order valence-corrected chi connectivity index (χ3v) is 11.3. The first-order valence-corrected chi connectivity index (χ1v) is 13.5. The van der Waals surface area contributed by atoms with Crippen LogP contribution in [0.3, 0.4) is 0 Å². The average molecular weight is 531 g/mol. The standard InChI is InChI=1S/C26H42O11/c1-23-5-3-6-24(2,22(34)37-20-18(32)17(31)16(30)14(10-27)36-20)15(23)4-7-25-9-12(8-13(29)19(23)25)26(35,11-28)21(25)33/h12-21,27-33,35H,3-11H2,1-2H3/t12-,13+,14+,15+,16+,17-,18+,19+,20-,21+,23-,24-,25-,26-/m1/s1. The molecular weight excluding hydrogens is 488 g/mol. The molecular formula is C26H42O11. The van der Waals surface area contributed by atoms with Crippen molar-refractivity contribution >= 4 is 5.97 Å². The SMILES string of the molecule is C[C@@]12CCC[C@@](C)(C(=O)O[C@H]3O[C@@H](CO)[C@H](O)[C@@H](O)[C@@H]3O)[C@H]1CC[C@@]13C[C@@H](C[C@H](O)[C@@H]21)[C@](O)(CO)[C@H]3O. The first kappa shape index (κ1) is 27.7. The molecule has 5 aliphatic rings. The van der Waals surface area contributed by atoms with Gasteiger partial charge in [0.25, 0.3) is 0 Å². The van der Waals surface area contributed by atoms with Crippen molar-refractivity contribution < 1.29 is 55.1 Å². The van der Waals surface area contributed by atoms with Crippen molar-refractivity contribution in [3.8, 4) is 0 Å². The second-order valence-electron chi connectivity index (χ2n) is 12.9. The molecule has 0 radical (unpaired) electrons. The Morgan fingerprint density at radius 2 is 1.70 bits per heavy atom. The molecule has 2 bridgehead atoms. The summed E-state index contributed by atoms with van der Waals surface area (Å²) < 4.78 is 11.0. The van der Waals surface area contributed by atoms with E-state index in [2.05, 4.69) is 0 Å². The summed E-state index contributed by atoms with van der Waals surface area (Å²) in [5, 5.41) is 84.0. The zero-order valence-corrected chi connectivity index (χ0v) is 21.4. The Bertz CT molecular complexity index is 900. The van der Waals surface area contributed by atoms with Crippen molar-refractivity contribution in [2.24, 2.45) is 34.0 Å². The number of aliphatic hydroxyl groups is 8. The molecule has 0 amide bonds. The third-order valence-electron chi connectivity index (χ3n) is 11.3. The van der Waals surface area contributed by atoms with E-state index in [-0.39, 0.29) is 12.3 Å². The van der Waals surface area contributed by atoms with Crippen molar-refractivity contribution in [3.63, 3.8) is 0 Å². The molecule has 1 spiro atoms. The topological polar surface area (TPSA) is 197 Å². The third kappa shape index (κ3) is 3.62. The fourth-order valence-electron chi connectivity index (χ4n) is 9.56. The van der Waals surface area contributed by atoms with E-state index in [4.69, 9.17) is 9.47 Å². The van der Waals surface area contributed by atoms with Crippen molar-refractivity contribution in [2.45, 2.75) is 107 Å². The van der Waals surface area contributed by atoms with E-state index in [1.54, 1.807) is 6.92 Å². The Kier molecular flexibility index (Phi) is 6.78. The van der Waals surface area contributed by atoms with E-state index in [0.29, 0.717) is 38.5 Å². The van der Waals surface area contributed by atoms with Crippen molar-refractivity contribution in [1.29, 1.82) is 0 Å². The molecule has 1 saturated heterocycles. The van der Waals surface area contributed by atoms with Gasteiger partial charge in [0.2, 0.25) is 6.29 Å². The molecule has 212 valence electrons. The van der Waals surface area contributed by atoms with E-state index in [1.165, 1.54) is 0 Å². The Hall–Kier alpha value is -0.890. The fraction of sp³-hybridized carbons (Fsp3) is 0.962. The highest BCUT2D eigenvalue weighted by molar-refractivity contribution is 5.77. The maximum atomic E-state index is 13.7. The maximum absolute atomic E-state index is 13.7. The van der Waals surface area contributed by atoms with E-state index >= 15 is 0 Å². The first-order chi connectivity index (χ1) is 17.3. The monoisotopic (exact) mass is 530 g/mol. The molecule has 5 fully saturated rings. The summed E-state index contributed by atoms with van der Waals surface area (Å²) in [5.74, 6) is -1.69. The van der Waals surface area contributed by atoms with Crippen LogP contribution in [0.2, 0.25) is 0 Å². The molecule has 37 heavy (non-hydrogen) atoms. The lowest BCUT2D eigenvalue weighted by Gasteiger charge is -2.64. The van der Waals surface area contributed by atoms with Crippen LogP contribution in [0.4, 0.5) is 0 Å². The van der Waals surface area contributed by atoms with Crippen LogP contribution in [0, 0.1) is 34.0 Å². The van der Waals surface area contributed by atoms with E-state index < -0.39 is 95.8 Å². The van der Waals surface area contributed by atoms with Gasteiger partial charge in [-0.05, 0) is 68.6 Å². The molecule has 4 saturated carbocycles. The second kappa shape index (κ2) is 9.07. The fourth-order valence-corrected chi connectivity index (χ4v) is 9.56. The van der Waals surface area contributed by atoms with Gasteiger partial charge in [-0.25, -0.2) is 0 Å². The Morgan fingerprint density at radius 1 is 1.00 bits per heavy atom. The van der Waals surface area contributed by atoms with Gasteiger partial charge in [0.1, 0.15) is 30.0 Å². The molecule has 14 atom stereocenters. The van der Waals surface area contributed by atoms with Crippen molar-refractivity contribution in [2.75, 3.05) is 13.2 Å². The van der Waals surface area contributed by atoms with Crippen LogP contribution in [0.5, 0.6) is 0 Å². The number of hydrogen-bond acceptors (Lipinski definition) is 11. The number of aliphatic hydroxyl groups excluding tert-OH is 7. The smallest absolute Gasteiger partial charge is 0.314 e. The zero-order valence-electron chi connectivity index (χ0n) is 21.4. The molecule has 0 aromatic carbocycles. The quantitative estimate of drug-likeness (QED) is 0.195. The molecule has 5 rings (SSSR count). The Labute approximate surface area is 216 Å².